The van der Waals surface area contributed by atoms with Crippen molar-refractivity contribution in [1.82, 2.24) is 9.80 Å². The zero-order valence-electron chi connectivity index (χ0n) is 16.4. The maximum atomic E-state index is 14.1. The molecule has 0 unspecified atom stereocenters. The lowest BCUT2D eigenvalue weighted by atomic mass is 10.0. The molecule has 0 aliphatic carbocycles. The van der Waals surface area contributed by atoms with Crippen molar-refractivity contribution >= 4 is 27.5 Å². The maximum absolute atomic E-state index is 14.1. The number of likely N-dealkylation sites (N-methyl/N-ethyl adjacent to an activating group) is 1. The average Bonchev–Trinajstić information content (AvgIpc) is 2.71. The van der Waals surface area contributed by atoms with E-state index < -0.39 is 23.5 Å². The van der Waals surface area contributed by atoms with Gasteiger partial charge in [-0.2, -0.15) is 13.2 Å². The predicted octanol–water partition coefficient (Wildman–Crippen LogP) is 5.00. The van der Waals surface area contributed by atoms with Crippen molar-refractivity contribution in [2.75, 3.05) is 38.0 Å². The van der Waals surface area contributed by atoms with Gasteiger partial charge in [0.2, 0.25) is 0 Å². The number of nitrogens with zero attached hydrogens (tertiary/aromatic N) is 2. The second-order valence-corrected chi connectivity index (χ2v) is 7.99. The third-order valence-electron chi connectivity index (χ3n) is 5.18. The molecule has 162 valence electrons. The molecule has 1 fully saturated rings. The summed E-state index contributed by atoms with van der Waals surface area (Å²) in [5.74, 6) is -1.58. The molecule has 1 N–H and O–H groups in total. The van der Waals surface area contributed by atoms with E-state index in [9.17, 15) is 22.4 Å². The first-order valence-corrected chi connectivity index (χ1v) is 10.4. The van der Waals surface area contributed by atoms with Gasteiger partial charge >= 0.3 is 6.18 Å². The number of carbonyl (C=O) groups excluding carboxylic acids is 1. The standard InChI is InChI=1S/C21H22BrF4N3O/c1-2-28-8-10-29(11-9-28)13-14-6-7-15(12-17(14)21(24,25)26)27-20(30)16-4-3-5-18(22)19(16)23/h3-7,12H,2,8-11,13H2,1H3,(H,27,30). The number of piperazine rings is 1. The summed E-state index contributed by atoms with van der Waals surface area (Å²) in [6.07, 6.45) is -4.57. The fourth-order valence-electron chi connectivity index (χ4n) is 3.44. The fraction of sp³-hybridized carbons (Fsp3) is 0.381. The summed E-state index contributed by atoms with van der Waals surface area (Å²) in [6, 6.07) is 7.88. The molecule has 0 aromatic heterocycles. The Morgan fingerprint density at radius 2 is 1.77 bits per heavy atom. The number of alkyl halides is 3. The molecule has 1 heterocycles. The molecular weight excluding hydrogens is 466 g/mol. The number of benzene rings is 2. The molecule has 4 nitrogen and oxygen atoms in total. The van der Waals surface area contributed by atoms with Crippen LogP contribution in [0.3, 0.4) is 0 Å². The van der Waals surface area contributed by atoms with E-state index in [0.29, 0.717) is 13.1 Å². The van der Waals surface area contributed by atoms with Gasteiger partial charge in [0.15, 0.2) is 0 Å². The van der Waals surface area contributed by atoms with E-state index in [2.05, 4.69) is 33.1 Å². The number of nitrogens with one attached hydrogen (secondary N) is 1. The third kappa shape index (κ3) is 5.39. The highest BCUT2D eigenvalue weighted by Crippen LogP contribution is 2.35. The number of hydrogen-bond acceptors (Lipinski definition) is 3. The lowest BCUT2D eigenvalue weighted by Gasteiger charge is -2.34. The zero-order chi connectivity index (χ0) is 21.9. The topological polar surface area (TPSA) is 35.6 Å². The monoisotopic (exact) mass is 487 g/mol. The van der Waals surface area contributed by atoms with Crippen molar-refractivity contribution in [3.63, 3.8) is 0 Å². The SMILES string of the molecule is CCN1CCN(Cc2ccc(NC(=O)c3cccc(Br)c3F)cc2C(F)(F)F)CC1. The van der Waals surface area contributed by atoms with E-state index in [1.165, 1.54) is 30.3 Å². The first kappa shape index (κ1) is 22.7. The number of amides is 1. The molecule has 0 saturated carbocycles. The van der Waals surface area contributed by atoms with Crippen LogP contribution in [0, 0.1) is 5.82 Å². The summed E-state index contributed by atoms with van der Waals surface area (Å²) in [7, 11) is 0. The first-order chi connectivity index (χ1) is 14.2. The van der Waals surface area contributed by atoms with E-state index >= 15 is 0 Å². The van der Waals surface area contributed by atoms with Crippen LogP contribution in [-0.4, -0.2) is 48.4 Å². The van der Waals surface area contributed by atoms with Gasteiger partial charge in [0.25, 0.3) is 5.91 Å². The number of rotatable bonds is 5. The molecule has 0 spiro atoms. The molecule has 2 aromatic carbocycles. The minimum Gasteiger partial charge on any atom is -0.322 e. The van der Waals surface area contributed by atoms with Gasteiger partial charge < -0.3 is 10.2 Å². The summed E-state index contributed by atoms with van der Waals surface area (Å²) in [4.78, 5) is 16.6. The van der Waals surface area contributed by atoms with E-state index in [1.54, 1.807) is 0 Å². The van der Waals surface area contributed by atoms with Crippen molar-refractivity contribution in [3.8, 4) is 0 Å². The van der Waals surface area contributed by atoms with Gasteiger partial charge in [0, 0.05) is 38.4 Å². The maximum Gasteiger partial charge on any atom is 0.416 e. The quantitative estimate of drug-likeness (QED) is 0.603. The van der Waals surface area contributed by atoms with Gasteiger partial charge in [-0.1, -0.05) is 19.1 Å². The normalized spacial score (nSPS) is 15.9. The van der Waals surface area contributed by atoms with Crippen LogP contribution in [0.2, 0.25) is 0 Å². The third-order valence-corrected chi connectivity index (χ3v) is 5.79. The first-order valence-electron chi connectivity index (χ1n) is 9.59. The molecule has 1 amide bonds. The number of anilines is 1. The van der Waals surface area contributed by atoms with Gasteiger partial charge in [-0.05, 0) is 52.3 Å². The minimum absolute atomic E-state index is 0.0359. The van der Waals surface area contributed by atoms with Crippen LogP contribution in [0.5, 0.6) is 0 Å². The van der Waals surface area contributed by atoms with Crippen molar-refractivity contribution in [2.45, 2.75) is 19.6 Å². The van der Waals surface area contributed by atoms with Crippen LogP contribution in [0.4, 0.5) is 23.2 Å². The molecule has 0 bridgehead atoms. The van der Waals surface area contributed by atoms with Crippen LogP contribution < -0.4 is 5.32 Å². The Morgan fingerprint density at radius 3 is 2.40 bits per heavy atom. The van der Waals surface area contributed by atoms with E-state index in [1.807, 2.05) is 4.90 Å². The Hall–Kier alpha value is -1.97. The Kier molecular flexibility index (Phi) is 7.15. The summed E-state index contributed by atoms with van der Waals surface area (Å²) >= 11 is 2.99. The molecule has 3 rings (SSSR count). The predicted molar refractivity (Wildman–Crippen MR) is 111 cm³/mol. The van der Waals surface area contributed by atoms with Gasteiger partial charge in [0.1, 0.15) is 5.82 Å². The van der Waals surface area contributed by atoms with E-state index in [-0.39, 0.29) is 27.8 Å². The van der Waals surface area contributed by atoms with E-state index in [0.717, 1.165) is 25.7 Å². The van der Waals surface area contributed by atoms with Crippen molar-refractivity contribution in [1.29, 1.82) is 0 Å². The van der Waals surface area contributed by atoms with Crippen molar-refractivity contribution in [3.05, 3.63) is 63.4 Å². The largest absolute Gasteiger partial charge is 0.416 e. The molecule has 1 aliphatic rings. The summed E-state index contributed by atoms with van der Waals surface area (Å²) in [6.45, 7) is 6.21. The Labute approximate surface area is 181 Å². The molecule has 1 aliphatic heterocycles. The summed E-state index contributed by atoms with van der Waals surface area (Å²) in [5, 5.41) is 2.36. The molecule has 9 heteroatoms. The highest BCUT2D eigenvalue weighted by molar-refractivity contribution is 9.10. The van der Waals surface area contributed by atoms with Crippen molar-refractivity contribution < 1.29 is 22.4 Å². The lowest BCUT2D eigenvalue weighted by molar-refractivity contribution is -0.138. The van der Waals surface area contributed by atoms with Crippen LogP contribution in [0.25, 0.3) is 0 Å². The lowest BCUT2D eigenvalue weighted by Crippen LogP contribution is -2.45. The fourth-order valence-corrected chi connectivity index (χ4v) is 3.80. The van der Waals surface area contributed by atoms with E-state index in [4.69, 9.17) is 0 Å². The number of carbonyl (C=O) groups is 1. The van der Waals surface area contributed by atoms with Crippen LogP contribution >= 0.6 is 15.9 Å². The second-order valence-electron chi connectivity index (χ2n) is 7.14. The van der Waals surface area contributed by atoms with Gasteiger partial charge in [-0.25, -0.2) is 4.39 Å². The minimum atomic E-state index is -4.57. The second kappa shape index (κ2) is 9.45. The summed E-state index contributed by atoms with van der Waals surface area (Å²) in [5.41, 5.74) is -0.936. The molecule has 2 aromatic rings. The molecule has 30 heavy (non-hydrogen) atoms. The molecule has 1 saturated heterocycles. The van der Waals surface area contributed by atoms with Crippen molar-refractivity contribution in [2.24, 2.45) is 0 Å². The summed E-state index contributed by atoms with van der Waals surface area (Å²) < 4.78 is 55.2. The van der Waals surface area contributed by atoms with Gasteiger partial charge in [0.05, 0.1) is 15.6 Å². The molecule has 0 atom stereocenters. The van der Waals surface area contributed by atoms with Crippen LogP contribution in [-0.2, 0) is 12.7 Å². The smallest absolute Gasteiger partial charge is 0.322 e. The average molecular weight is 488 g/mol. The van der Waals surface area contributed by atoms with Crippen LogP contribution in [0.1, 0.15) is 28.4 Å². The molecular formula is C21H22BrF4N3O. The van der Waals surface area contributed by atoms with Gasteiger partial charge in [-0.3, -0.25) is 9.69 Å². The zero-order valence-corrected chi connectivity index (χ0v) is 18.0. The Morgan fingerprint density at radius 1 is 1.10 bits per heavy atom. The highest BCUT2D eigenvalue weighted by atomic mass is 79.9. The highest BCUT2D eigenvalue weighted by Gasteiger charge is 2.34. The molecule has 0 radical (unpaired) electrons. The number of halogens is 5. The number of hydrogen-bond donors (Lipinski definition) is 1. The van der Waals surface area contributed by atoms with Crippen LogP contribution in [0.15, 0.2) is 40.9 Å². The van der Waals surface area contributed by atoms with Gasteiger partial charge in [-0.15, -0.1) is 0 Å². The Balaban J connectivity index is 1.79. The Bertz CT molecular complexity index is 912.